The van der Waals surface area contributed by atoms with Crippen LogP contribution in [0, 0.1) is 6.92 Å². The standard InChI is InChI=1S/C15H17N5O/c1-10-3-4-14(17-7-10)19-15-16-6-5-13(18-15)12-8-20(9-12)11(2)21/h3-7,12H,8-9H2,1-2H3,(H,16,17,18,19). The quantitative estimate of drug-likeness (QED) is 0.931. The van der Waals surface area contributed by atoms with Gasteiger partial charge in [0, 0.05) is 38.3 Å². The number of rotatable bonds is 3. The zero-order valence-corrected chi connectivity index (χ0v) is 12.1. The van der Waals surface area contributed by atoms with Crippen molar-refractivity contribution in [3.05, 3.63) is 41.9 Å². The fourth-order valence-corrected chi connectivity index (χ4v) is 2.24. The molecule has 1 amide bonds. The number of nitrogens with zero attached hydrogens (tertiary/aromatic N) is 4. The average molecular weight is 283 g/mol. The third-order valence-electron chi connectivity index (χ3n) is 3.57. The number of hydrogen-bond donors (Lipinski definition) is 1. The molecule has 0 spiro atoms. The highest BCUT2D eigenvalue weighted by atomic mass is 16.2. The van der Waals surface area contributed by atoms with E-state index in [4.69, 9.17) is 0 Å². The summed E-state index contributed by atoms with van der Waals surface area (Å²) >= 11 is 0. The molecule has 3 rings (SSSR count). The van der Waals surface area contributed by atoms with Gasteiger partial charge < -0.3 is 10.2 Å². The molecule has 6 nitrogen and oxygen atoms in total. The van der Waals surface area contributed by atoms with E-state index in [1.165, 1.54) is 0 Å². The number of likely N-dealkylation sites (tertiary alicyclic amines) is 1. The fourth-order valence-electron chi connectivity index (χ4n) is 2.24. The number of carbonyl (C=O) groups is 1. The number of hydrogen-bond acceptors (Lipinski definition) is 5. The monoisotopic (exact) mass is 283 g/mol. The van der Waals surface area contributed by atoms with Crippen molar-refractivity contribution in [1.82, 2.24) is 19.9 Å². The minimum Gasteiger partial charge on any atom is -0.341 e. The van der Waals surface area contributed by atoms with Crippen molar-refractivity contribution < 1.29 is 4.79 Å². The highest BCUT2D eigenvalue weighted by Gasteiger charge is 2.30. The molecular weight excluding hydrogens is 266 g/mol. The van der Waals surface area contributed by atoms with E-state index in [9.17, 15) is 4.79 Å². The summed E-state index contributed by atoms with van der Waals surface area (Å²) in [5.74, 6) is 1.66. The lowest BCUT2D eigenvalue weighted by Crippen LogP contribution is -2.47. The summed E-state index contributed by atoms with van der Waals surface area (Å²) in [6.45, 7) is 5.04. The molecule has 0 saturated carbocycles. The number of aromatic nitrogens is 3. The molecule has 0 atom stereocenters. The predicted molar refractivity (Wildman–Crippen MR) is 79.3 cm³/mol. The molecule has 0 bridgehead atoms. The van der Waals surface area contributed by atoms with Crippen LogP contribution in [-0.2, 0) is 4.79 Å². The lowest BCUT2D eigenvalue weighted by molar-refractivity contribution is -0.133. The van der Waals surface area contributed by atoms with Crippen LogP contribution in [0.1, 0.15) is 24.1 Å². The van der Waals surface area contributed by atoms with E-state index < -0.39 is 0 Å². The van der Waals surface area contributed by atoms with E-state index in [0.717, 1.165) is 30.2 Å². The molecule has 0 aromatic carbocycles. The average Bonchev–Trinajstić information content (AvgIpc) is 2.40. The third-order valence-corrected chi connectivity index (χ3v) is 3.57. The molecule has 0 radical (unpaired) electrons. The zero-order chi connectivity index (χ0) is 14.8. The molecule has 1 aliphatic rings. The van der Waals surface area contributed by atoms with Crippen LogP contribution < -0.4 is 5.32 Å². The van der Waals surface area contributed by atoms with Gasteiger partial charge in [-0.2, -0.15) is 0 Å². The summed E-state index contributed by atoms with van der Waals surface area (Å²) in [6.07, 6.45) is 3.53. The smallest absolute Gasteiger partial charge is 0.228 e. The molecule has 0 unspecified atom stereocenters. The van der Waals surface area contributed by atoms with Crippen LogP contribution in [0.5, 0.6) is 0 Å². The maximum atomic E-state index is 11.2. The first kappa shape index (κ1) is 13.5. The van der Waals surface area contributed by atoms with E-state index in [1.54, 1.807) is 24.2 Å². The molecule has 2 aromatic rings. The van der Waals surface area contributed by atoms with Crippen LogP contribution in [0.3, 0.4) is 0 Å². The molecule has 3 heterocycles. The van der Waals surface area contributed by atoms with Crippen molar-refractivity contribution >= 4 is 17.7 Å². The van der Waals surface area contributed by atoms with E-state index in [-0.39, 0.29) is 5.91 Å². The summed E-state index contributed by atoms with van der Waals surface area (Å²) in [5, 5.41) is 3.09. The van der Waals surface area contributed by atoms with Gasteiger partial charge in [-0.05, 0) is 24.6 Å². The van der Waals surface area contributed by atoms with Crippen molar-refractivity contribution in [2.75, 3.05) is 18.4 Å². The molecule has 6 heteroatoms. The molecule has 1 N–H and O–H groups in total. The molecule has 0 aliphatic carbocycles. The van der Waals surface area contributed by atoms with Crippen molar-refractivity contribution in [2.45, 2.75) is 19.8 Å². The molecule has 1 saturated heterocycles. The minimum absolute atomic E-state index is 0.113. The van der Waals surface area contributed by atoms with Crippen molar-refractivity contribution in [2.24, 2.45) is 0 Å². The molecule has 2 aromatic heterocycles. The van der Waals surface area contributed by atoms with E-state index in [2.05, 4.69) is 20.3 Å². The van der Waals surface area contributed by atoms with Crippen LogP contribution in [0.15, 0.2) is 30.6 Å². The van der Waals surface area contributed by atoms with E-state index in [1.807, 2.05) is 25.1 Å². The Labute approximate surface area is 123 Å². The second kappa shape index (κ2) is 5.47. The van der Waals surface area contributed by atoms with Gasteiger partial charge in [0.1, 0.15) is 5.82 Å². The minimum atomic E-state index is 0.113. The van der Waals surface area contributed by atoms with E-state index in [0.29, 0.717) is 11.9 Å². The van der Waals surface area contributed by atoms with Gasteiger partial charge in [0.25, 0.3) is 0 Å². The largest absolute Gasteiger partial charge is 0.341 e. The molecule has 108 valence electrons. The van der Waals surface area contributed by atoms with Gasteiger partial charge >= 0.3 is 0 Å². The molecule has 1 fully saturated rings. The zero-order valence-electron chi connectivity index (χ0n) is 12.1. The number of pyridine rings is 1. The van der Waals surface area contributed by atoms with Crippen LogP contribution in [-0.4, -0.2) is 38.8 Å². The highest BCUT2D eigenvalue weighted by molar-refractivity contribution is 5.74. The second-order valence-corrected chi connectivity index (χ2v) is 5.27. The highest BCUT2D eigenvalue weighted by Crippen LogP contribution is 2.26. The molecular formula is C15H17N5O. The van der Waals surface area contributed by atoms with Gasteiger partial charge in [0.05, 0.1) is 5.69 Å². The Balaban J connectivity index is 1.69. The van der Waals surface area contributed by atoms with Gasteiger partial charge in [0.15, 0.2) is 0 Å². The number of amides is 1. The Morgan fingerprint density at radius 1 is 1.29 bits per heavy atom. The van der Waals surface area contributed by atoms with Gasteiger partial charge in [-0.3, -0.25) is 4.79 Å². The fraction of sp³-hybridized carbons (Fsp3) is 0.333. The van der Waals surface area contributed by atoms with Crippen LogP contribution in [0.25, 0.3) is 0 Å². The first-order valence-electron chi connectivity index (χ1n) is 6.90. The van der Waals surface area contributed by atoms with Crippen molar-refractivity contribution in [3.63, 3.8) is 0 Å². The maximum Gasteiger partial charge on any atom is 0.228 e. The summed E-state index contributed by atoms with van der Waals surface area (Å²) in [7, 11) is 0. The number of aryl methyl sites for hydroxylation is 1. The SMILES string of the molecule is CC(=O)N1CC(c2ccnc(Nc3ccc(C)cn3)n2)C1. The third kappa shape index (κ3) is 2.99. The van der Waals surface area contributed by atoms with Gasteiger partial charge in [-0.25, -0.2) is 15.0 Å². The van der Waals surface area contributed by atoms with Gasteiger partial charge in [-0.15, -0.1) is 0 Å². The van der Waals surface area contributed by atoms with Crippen LogP contribution >= 0.6 is 0 Å². The lowest BCUT2D eigenvalue weighted by atomic mass is 9.96. The normalized spacial score (nSPS) is 14.7. The number of nitrogens with one attached hydrogen (secondary N) is 1. The van der Waals surface area contributed by atoms with Crippen LogP contribution in [0.4, 0.5) is 11.8 Å². The van der Waals surface area contributed by atoms with Crippen molar-refractivity contribution in [1.29, 1.82) is 0 Å². The second-order valence-electron chi connectivity index (χ2n) is 5.27. The Kier molecular flexibility index (Phi) is 3.51. The van der Waals surface area contributed by atoms with Gasteiger partial charge in [0.2, 0.25) is 11.9 Å². The Morgan fingerprint density at radius 3 is 2.76 bits per heavy atom. The van der Waals surface area contributed by atoms with Crippen LogP contribution in [0.2, 0.25) is 0 Å². The Bertz CT molecular complexity index is 649. The summed E-state index contributed by atoms with van der Waals surface area (Å²) in [4.78, 5) is 26.0. The number of carbonyl (C=O) groups excluding carboxylic acids is 1. The molecule has 21 heavy (non-hydrogen) atoms. The Morgan fingerprint density at radius 2 is 2.10 bits per heavy atom. The van der Waals surface area contributed by atoms with Crippen molar-refractivity contribution in [3.8, 4) is 0 Å². The molecule has 1 aliphatic heterocycles. The topological polar surface area (TPSA) is 71.0 Å². The maximum absolute atomic E-state index is 11.2. The number of anilines is 2. The first-order chi connectivity index (χ1) is 10.1. The predicted octanol–water partition coefficient (Wildman–Crippen LogP) is 1.87. The lowest BCUT2D eigenvalue weighted by Gasteiger charge is -2.38. The first-order valence-corrected chi connectivity index (χ1v) is 6.90. The Hall–Kier alpha value is -2.50. The summed E-state index contributed by atoms with van der Waals surface area (Å²) < 4.78 is 0. The van der Waals surface area contributed by atoms with Gasteiger partial charge in [-0.1, -0.05) is 6.07 Å². The summed E-state index contributed by atoms with van der Waals surface area (Å²) in [6, 6.07) is 5.78. The van der Waals surface area contributed by atoms with E-state index >= 15 is 0 Å². The summed E-state index contributed by atoms with van der Waals surface area (Å²) in [5.41, 5.74) is 2.06.